The highest BCUT2D eigenvalue weighted by molar-refractivity contribution is 7.86. The first-order valence-corrected chi connectivity index (χ1v) is 7.86. The lowest BCUT2D eigenvalue weighted by Gasteiger charge is -2.17. The Hall–Kier alpha value is -1.36. The fraction of sp³-hybridized carbons (Fsp3) is 0.500. The van der Waals surface area contributed by atoms with Crippen LogP contribution >= 0.6 is 0 Å². The third-order valence-corrected chi connectivity index (χ3v) is 5.19. The fourth-order valence-corrected chi connectivity index (χ4v) is 3.50. The molecule has 1 fully saturated rings. The summed E-state index contributed by atoms with van der Waals surface area (Å²) in [5.41, 5.74) is 6.27. The van der Waals surface area contributed by atoms with E-state index in [0.29, 0.717) is 10.6 Å². The molecule has 1 aliphatic carbocycles. The van der Waals surface area contributed by atoms with Crippen LogP contribution in [-0.2, 0) is 15.6 Å². The van der Waals surface area contributed by atoms with E-state index in [9.17, 15) is 9.00 Å². The number of nitrogen functional groups attached to an aromatic ring is 1. The van der Waals surface area contributed by atoms with Crippen molar-refractivity contribution in [1.29, 1.82) is 0 Å². The maximum absolute atomic E-state index is 12.4. The van der Waals surface area contributed by atoms with Gasteiger partial charge in [0, 0.05) is 11.7 Å². The number of carbonyl (C=O) groups excluding carboxylic acids is 1. The lowest BCUT2D eigenvalue weighted by Crippen LogP contribution is -2.40. The predicted molar refractivity (Wildman–Crippen MR) is 77.1 cm³/mol. The van der Waals surface area contributed by atoms with Crippen LogP contribution in [0.3, 0.4) is 0 Å². The van der Waals surface area contributed by atoms with Crippen LogP contribution in [0.25, 0.3) is 0 Å². The molecule has 2 rings (SSSR count). The topological polar surface area (TPSA) is 72.2 Å². The average Bonchev–Trinajstić information content (AvgIpc) is 2.90. The minimum atomic E-state index is -1.41. The number of anilines is 1. The molecule has 1 aromatic carbocycles. The molecule has 1 amide bonds. The van der Waals surface area contributed by atoms with Crippen molar-refractivity contribution in [3.63, 3.8) is 0 Å². The van der Waals surface area contributed by atoms with E-state index < -0.39 is 16.0 Å². The van der Waals surface area contributed by atoms with Crippen molar-refractivity contribution in [2.75, 3.05) is 5.73 Å². The summed E-state index contributed by atoms with van der Waals surface area (Å²) in [6.07, 6.45) is 4.37. The number of rotatable bonds is 4. The fourth-order valence-electron chi connectivity index (χ4n) is 2.34. The summed E-state index contributed by atoms with van der Waals surface area (Å²) in [5.74, 6) is -0.145. The Balaban J connectivity index is 2.02. The van der Waals surface area contributed by atoms with E-state index in [4.69, 9.17) is 5.73 Å². The third-order valence-electron chi connectivity index (χ3n) is 3.53. The normalized spacial score (nSPS) is 19.0. The largest absolute Gasteiger partial charge is 0.398 e. The molecule has 5 heteroatoms. The maximum atomic E-state index is 12.4. The molecular weight excluding hydrogens is 260 g/mol. The molecular formula is C14H20N2O2S. The molecule has 19 heavy (non-hydrogen) atoms. The minimum absolute atomic E-state index is 0.145. The van der Waals surface area contributed by atoms with Gasteiger partial charge >= 0.3 is 0 Å². The van der Waals surface area contributed by atoms with Crippen molar-refractivity contribution in [1.82, 2.24) is 5.32 Å². The number of carbonyl (C=O) groups is 1. The van der Waals surface area contributed by atoms with E-state index in [1.807, 2.05) is 0 Å². The zero-order valence-corrected chi connectivity index (χ0v) is 11.9. The number of nitrogens with two attached hydrogens (primary N) is 1. The number of amides is 1. The second kappa shape index (κ2) is 6.19. The Kier molecular flexibility index (Phi) is 4.58. The molecule has 0 saturated heterocycles. The van der Waals surface area contributed by atoms with Crippen LogP contribution in [0.15, 0.2) is 29.2 Å². The van der Waals surface area contributed by atoms with Gasteiger partial charge in [0.05, 0.1) is 15.7 Å². The molecule has 2 unspecified atom stereocenters. The van der Waals surface area contributed by atoms with Gasteiger partial charge in [0.25, 0.3) is 0 Å². The zero-order valence-electron chi connectivity index (χ0n) is 11.1. The van der Waals surface area contributed by atoms with Crippen molar-refractivity contribution in [3.05, 3.63) is 24.3 Å². The summed E-state index contributed by atoms with van der Waals surface area (Å²) in [5, 5.41) is 2.40. The number of para-hydroxylation sites is 1. The molecule has 0 radical (unpaired) electrons. The van der Waals surface area contributed by atoms with Crippen LogP contribution in [0.5, 0.6) is 0 Å². The summed E-state index contributed by atoms with van der Waals surface area (Å²) in [6, 6.07) is 7.24. The lowest BCUT2D eigenvalue weighted by atomic mass is 10.2. The first kappa shape index (κ1) is 14.1. The molecule has 1 aromatic rings. The lowest BCUT2D eigenvalue weighted by molar-refractivity contribution is -0.121. The highest BCUT2D eigenvalue weighted by atomic mass is 32.2. The molecule has 4 nitrogen and oxygen atoms in total. The zero-order chi connectivity index (χ0) is 13.8. The molecule has 0 spiro atoms. The van der Waals surface area contributed by atoms with Crippen LogP contribution in [0.4, 0.5) is 5.69 Å². The molecule has 104 valence electrons. The van der Waals surface area contributed by atoms with E-state index in [1.54, 1.807) is 31.2 Å². The molecule has 1 saturated carbocycles. The van der Waals surface area contributed by atoms with Gasteiger partial charge in [0.1, 0.15) is 5.25 Å². The van der Waals surface area contributed by atoms with Crippen LogP contribution in [0.1, 0.15) is 32.6 Å². The Labute approximate surface area is 116 Å². The van der Waals surface area contributed by atoms with Crippen LogP contribution in [0, 0.1) is 0 Å². The maximum Gasteiger partial charge on any atom is 0.236 e. The van der Waals surface area contributed by atoms with Crippen molar-refractivity contribution in [3.8, 4) is 0 Å². The summed E-state index contributed by atoms with van der Waals surface area (Å²) in [7, 11) is -1.41. The van der Waals surface area contributed by atoms with Crippen LogP contribution < -0.4 is 11.1 Å². The highest BCUT2D eigenvalue weighted by Crippen LogP contribution is 2.20. The van der Waals surface area contributed by atoms with Gasteiger partial charge in [0.15, 0.2) is 0 Å². The number of benzene rings is 1. The standard InChI is InChI=1S/C14H20N2O2S/c1-10(14(17)16-11-6-2-3-7-11)19(18)13-9-5-4-8-12(13)15/h4-5,8-11H,2-3,6-7,15H2,1H3,(H,16,17). The summed E-state index contributed by atoms with van der Waals surface area (Å²) >= 11 is 0. The second-order valence-corrected chi connectivity index (χ2v) is 6.71. The Morgan fingerprint density at radius 2 is 2.00 bits per heavy atom. The average molecular weight is 280 g/mol. The summed E-state index contributed by atoms with van der Waals surface area (Å²) in [4.78, 5) is 12.6. The molecule has 1 aliphatic rings. The third kappa shape index (κ3) is 3.35. The van der Waals surface area contributed by atoms with Gasteiger partial charge < -0.3 is 11.1 Å². The summed E-state index contributed by atoms with van der Waals surface area (Å²) in [6.45, 7) is 1.69. The Morgan fingerprint density at radius 3 is 2.63 bits per heavy atom. The van der Waals surface area contributed by atoms with Crippen molar-refractivity contribution in [2.45, 2.75) is 48.8 Å². The van der Waals surface area contributed by atoms with Gasteiger partial charge in [0.2, 0.25) is 5.91 Å². The first-order valence-electron chi connectivity index (χ1n) is 6.65. The Morgan fingerprint density at radius 1 is 1.37 bits per heavy atom. The van der Waals surface area contributed by atoms with Gasteiger partial charge in [-0.1, -0.05) is 25.0 Å². The molecule has 0 bridgehead atoms. The van der Waals surface area contributed by atoms with Gasteiger partial charge in [-0.25, -0.2) is 0 Å². The molecule has 0 aliphatic heterocycles. The minimum Gasteiger partial charge on any atom is -0.398 e. The monoisotopic (exact) mass is 280 g/mol. The van der Waals surface area contributed by atoms with Crippen molar-refractivity contribution < 1.29 is 9.00 Å². The Bertz CT molecular complexity index is 484. The van der Waals surface area contributed by atoms with E-state index in [0.717, 1.165) is 25.7 Å². The van der Waals surface area contributed by atoms with Gasteiger partial charge in [-0.05, 0) is 31.9 Å². The van der Waals surface area contributed by atoms with Gasteiger partial charge in [-0.3, -0.25) is 9.00 Å². The molecule has 0 heterocycles. The van der Waals surface area contributed by atoms with Gasteiger partial charge in [-0.15, -0.1) is 0 Å². The van der Waals surface area contributed by atoms with E-state index in [2.05, 4.69) is 5.32 Å². The molecule has 3 N–H and O–H groups in total. The second-order valence-electron chi connectivity index (χ2n) is 4.97. The quantitative estimate of drug-likeness (QED) is 0.826. The van der Waals surface area contributed by atoms with Crippen LogP contribution in [0.2, 0.25) is 0 Å². The SMILES string of the molecule is CC(C(=O)NC1CCCC1)S(=O)c1ccccc1N. The summed E-state index contributed by atoms with van der Waals surface area (Å²) < 4.78 is 12.4. The predicted octanol–water partition coefficient (Wildman–Crippen LogP) is 1.82. The number of hydrogen-bond acceptors (Lipinski definition) is 3. The number of hydrogen-bond donors (Lipinski definition) is 2. The first-order chi connectivity index (χ1) is 9.09. The van der Waals surface area contributed by atoms with E-state index in [1.165, 1.54) is 0 Å². The van der Waals surface area contributed by atoms with E-state index >= 15 is 0 Å². The highest BCUT2D eigenvalue weighted by Gasteiger charge is 2.25. The number of nitrogens with one attached hydrogen (secondary N) is 1. The van der Waals surface area contributed by atoms with E-state index in [-0.39, 0.29) is 11.9 Å². The smallest absolute Gasteiger partial charge is 0.236 e. The van der Waals surface area contributed by atoms with Crippen LogP contribution in [-0.4, -0.2) is 21.4 Å². The van der Waals surface area contributed by atoms with Crippen molar-refractivity contribution >= 4 is 22.4 Å². The molecule has 2 atom stereocenters. The van der Waals surface area contributed by atoms with Crippen molar-refractivity contribution in [2.24, 2.45) is 0 Å². The van der Waals surface area contributed by atoms with Gasteiger partial charge in [-0.2, -0.15) is 0 Å². The molecule has 0 aromatic heterocycles.